The van der Waals surface area contributed by atoms with Crippen molar-refractivity contribution >= 4 is 39.7 Å². The quantitative estimate of drug-likeness (QED) is 0.431. The van der Waals surface area contributed by atoms with E-state index in [4.69, 9.17) is 15.5 Å². The third-order valence-corrected chi connectivity index (χ3v) is 6.07. The monoisotopic (exact) mass is 454 g/mol. The van der Waals surface area contributed by atoms with Crippen molar-refractivity contribution in [2.45, 2.75) is 0 Å². The zero-order valence-corrected chi connectivity index (χ0v) is 19.0. The summed E-state index contributed by atoms with van der Waals surface area (Å²) in [5, 5.41) is 4.32. The van der Waals surface area contributed by atoms with Gasteiger partial charge in [0.2, 0.25) is 11.9 Å². The van der Waals surface area contributed by atoms with Gasteiger partial charge in [0.05, 0.1) is 18.9 Å². The van der Waals surface area contributed by atoms with Crippen molar-refractivity contribution in [1.29, 1.82) is 0 Å². The number of morpholine rings is 1. The van der Waals surface area contributed by atoms with Gasteiger partial charge in [0.25, 0.3) is 0 Å². The largest absolute Gasteiger partial charge is 0.378 e. The number of fused-ring (bicyclic) bond motifs is 1. The molecule has 0 unspecified atom stereocenters. The standard InChI is InChI=1S/C26H26N6O2/c1-17(25(27)33)18-3-8-21-22(16-31(2)24(21)15-18)23-9-10-28-26(30-23)29-19-4-6-20(7-5-19)32-11-13-34-14-12-32/h3-10,15-16H,1,11-14H2,2H3,(H2,27,33)(H,28,29,30). The Morgan fingerprint density at radius 3 is 2.62 bits per heavy atom. The molecule has 0 aliphatic carbocycles. The molecule has 1 saturated heterocycles. The van der Waals surface area contributed by atoms with E-state index in [1.807, 2.05) is 54.2 Å². The molecule has 1 aliphatic rings. The number of aryl methyl sites for hydroxylation is 1. The van der Waals surface area contributed by atoms with Crippen LogP contribution >= 0.6 is 0 Å². The molecule has 0 radical (unpaired) electrons. The Bertz CT molecular complexity index is 1370. The topological polar surface area (TPSA) is 98.3 Å². The zero-order valence-electron chi connectivity index (χ0n) is 19.0. The maximum absolute atomic E-state index is 11.5. The molecule has 1 amide bonds. The summed E-state index contributed by atoms with van der Waals surface area (Å²) in [5.41, 5.74) is 11.2. The summed E-state index contributed by atoms with van der Waals surface area (Å²) in [7, 11) is 1.96. The molecule has 4 aromatic rings. The number of rotatable bonds is 6. The smallest absolute Gasteiger partial charge is 0.248 e. The van der Waals surface area contributed by atoms with Gasteiger partial charge >= 0.3 is 0 Å². The Hall–Kier alpha value is -4.17. The maximum atomic E-state index is 11.5. The molecule has 0 saturated carbocycles. The number of hydrogen-bond donors (Lipinski definition) is 2. The third-order valence-electron chi connectivity index (χ3n) is 6.07. The number of carbonyl (C=O) groups excluding carboxylic acids is 1. The van der Waals surface area contributed by atoms with Gasteiger partial charge in [-0.2, -0.15) is 0 Å². The molecule has 1 aliphatic heterocycles. The van der Waals surface area contributed by atoms with E-state index in [1.165, 1.54) is 5.69 Å². The number of aromatic nitrogens is 3. The Kier molecular flexibility index (Phi) is 5.73. The molecular weight excluding hydrogens is 428 g/mol. The molecule has 0 bridgehead atoms. The second kappa shape index (κ2) is 8.99. The second-order valence-electron chi connectivity index (χ2n) is 8.27. The molecule has 8 heteroatoms. The van der Waals surface area contributed by atoms with E-state index in [0.717, 1.165) is 54.2 Å². The van der Waals surface area contributed by atoms with Crippen molar-refractivity contribution in [2.75, 3.05) is 36.5 Å². The fourth-order valence-corrected chi connectivity index (χ4v) is 4.19. The van der Waals surface area contributed by atoms with E-state index < -0.39 is 5.91 Å². The van der Waals surface area contributed by atoms with Crippen LogP contribution in [0.3, 0.4) is 0 Å². The molecule has 1 fully saturated rings. The Balaban J connectivity index is 1.40. The van der Waals surface area contributed by atoms with Gasteiger partial charge in [-0.3, -0.25) is 4.79 Å². The summed E-state index contributed by atoms with van der Waals surface area (Å²) in [6.07, 6.45) is 3.76. The number of primary amides is 1. The molecule has 3 N–H and O–H groups in total. The molecule has 3 heterocycles. The first-order valence-corrected chi connectivity index (χ1v) is 11.1. The van der Waals surface area contributed by atoms with E-state index in [9.17, 15) is 4.79 Å². The summed E-state index contributed by atoms with van der Waals surface area (Å²) in [5.74, 6) is -0.00868. The lowest BCUT2D eigenvalue weighted by molar-refractivity contribution is -0.112. The van der Waals surface area contributed by atoms with Crippen molar-refractivity contribution in [2.24, 2.45) is 12.8 Å². The lowest BCUT2D eigenvalue weighted by Crippen LogP contribution is -2.36. The van der Waals surface area contributed by atoms with Crippen LogP contribution < -0.4 is 16.0 Å². The maximum Gasteiger partial charge on any atom is 0.248 e. The minimum Gasteiger partial charge on any atom is -0.378 e. The predicted octanol–water partition coefficient (Wildman–Crippen LogP) is 3.71. The normalized spacial score (nSPS) is 13.7. The highest BCUT2D eigenvalue weighted by Crippen LogP contribution is 2.31. The average molecular weight is 455 g/mol. The lowest BCUT2D eigenvalue weighted by Gasteiger charge is -2.28. The van der Waals surface area contributed by atoms with E-state index in [0.29, 0.717) is 11.5 Å². The van der Waals surface area contributed by atoms with Crippen LogP contribution in [0.2, 0.25) is 0 Å². The van der Waals surface area contributed by atoms with Gasteiger partial charge in [0.15, 0.2) is 0 Å². The Morgan fingerprint density at radius 1 is 1.12 bits per heavy atom. The second-order valence-corrected chi connectivity index (χ2v) is 8.27. The van der Waals surface area contributed by atoms with Crippen LogP contribution in [0, 0.1) is 0 Å². The number of nitrogens with zero attached hydrogens (tertiary/aromatic N) is 4. The lowest BCUT2D eigenvalue weighted by atomic mass is 10.0. The summed E-state index contributed by atoms with van der Waals surface area (Å²) >= 11 is 0. The number of hydrogen-bond acceptors (Lipinski definition) is 6. The van der Waals surface area contributed by atoms with E-state index in [1.54, 1.807) is 6.20 Å². The van der Waals surface area contributed by atoms with Crippen LogP contribution in [-0.4, -0.2) is 46.7 Å². The minimum atomic E-state index is -0.529. The number of ether oxygens (including phenoxy) is 1. The number of carbonyl (C=O) groups is 1. The molecule has 34 heavy (non-hydrogen) atoms. The molecule has 0 spiro atoms. The first-order chi connectivity index (χ1) is 16.5. The van der Waals surface area contributed by atoms with Crippen LogP contribution in [0.1, 0.15) is 5.56 Å². The van der Waals surface area contributed by atoms with Gasteiger partial charge in [-0.05, 0) is 42.0 Å². The van der Waals surface area contributed by atoms with Gasteiger partial charge in [-0.25, -0.2) is 9.97 Å². The molecule has 172 valence electrons. The van der Waals surface area contributed by atoms with Gasteiger partial charge in [-0.15, -0.1) is 0 Å². The summed E-state index contributed by atoms with van der Waals surface area (Å²) in [4.78, 5) is 23.0. The highest BCUT2D eigenvalue weighted by atomic mass is 16.5. The highest BCUT2D eigenvalue weighted by Gasteiger charge is 2.14. The molecule has 5 rings (SSSR count). The van der Waals surface area contributed by atoms with Crippen molar-refractivity contribution in [3.8, 4) is 11.3 Å². The third kappa shape index (κ3) is 4.23. The van der Waals surface area contributed by atoms with E-state index >= 15 is 0 Å². The first kappa shape index (κ1) is 21.7. The Labute approximate surface area is 197 Å². The number of nitrogens with one attached hydrogen (secondary N) is 1. The van der Waals surface area contributed by atoms with Gasteiger partial charge < -0.3 is 25.3 Å². The predicted molar refractivity (Wildman–Crippen MR) is 135 cm³/mol. The number of anilines is 3. The summed E-state index contributed by atoms with van der Waals surface area (Å²) in [6.45, 7) is 7.12. The van der Waals surface area contributed by atoms with Crippen molar-refractivity contribution < 1.29 is 9.53 Å². The van der Waals surface area contributed by atoms with Crippen LogP contribution in [0.4, 0.5) is 17.3 Å². The number of nitrogens with two attached hydrogens (primary N) is 1. The van der Waals surface area contributed by atoms with Gasteiger partial charge in [-0.1, -0.05) is 18.7 Å². The fourth-order valence-electron chi connectivity index (χ4n) is 4.19. The summed E-state index contributed by atoms with van der Waals surface area (Å²) in [6, 6.07) is 15.9. The van der Waals surface area contributed by atoms with Crippen molar-refractivity contribution in [3.05, 3.63) is 73.1 Å². The number of amides is 1. The van der Waals surface area contributed by atoms with Gasteiger partial charge in [0, 0.05) is 65.9 Å². The van der Waals surface area contributed by atoms with E-state index in [2.05, 4.69) is 33.9 Å². The van der Waals surface area contributed by atoms with Crippen molar-refractivity contribution in [3.63, 3.8) is 0 Å². The van der Waals surface area contributed by atoms with E-state index in [-0.39, 0.29) is 5.57 Å². The number of benzene rings is 2. The van der Waals surface area contributed by atoms with Crippen LogP contribution in [0.5, 0.6) is 0 Å². The first-order valence-electron chi connectivity index (χ1n) is 11.1. The highest BCUT2D eigenvalue weighted by molar-refractivity contribution is 6.18. The fraction of sp³-hybridized carbons (Fsp3) is 0.192. The molecule has 8 nitrogen and oxygen atoms in total. The minimum absolute atomic E-state index is 0.290. The van der Waals surface area contributed by atoms with Crippen LogP contribution in [0.15, 0.2) is 67.5 Å². The summed E-state index contributed by atoms with van der Waals surface area (Å²) < 4.78 is 7.43. The van der Waals surface area contributed by atoms with Crippen LogP contribution in [-0.2, 0) is 16.6 Å². The average Bonchev–Trinajstić information content (AvgIpc) is 3.20. The molecular formula is C26H26N6O2. The van der Waals surface area contributed by atoms with Crippen LogP contribution in [0.25, 0.3) is 27.7 Å². The molecule has 2 aromatic heterocycles. The molecule has 0 atom stereocenters. The molecule has 2 aromatic carbocycles. The SMILES string of the molecule is C=C(C(N)=O)c1ccc2c(-c3ccnc(Nc4ccc(N5CCOCC5)cc4)n3)cn(C)c2c1. The Morgan fingerprint density at radius 2 is 1.88 bits per heavy atom. The van der Waals surface area contributed by atoms with Crippen molar-refractivity contribution in [1.82, 2.24) is 14.5 Å². The van der Waals surface area contributed by atoms with Gasteiger partial charge in [0.1, 0.15) is 0 Å². The zero-order chi connectivity index (χ0) is 23.7.